The Kier molecular flexibility index (Phi) is 3.93. The van der Waals surface area contributed by atoms with Crippen molar-refractivity contribution in [1.29, 1.82) is 0 Å². The number of ether oxygens (including phenoxy) is 1. The van der Waals surface area contributed by atoms with Crippen LogP contribution < -0.4 is 0 Å². The summed E-state index contributed by atoms with van der Waals surface area (Å²) in [5, 5.41) is 10.5. The Hall–Kier alpha value is -1.13. The summed E-state index contributed by atoms with van der Waals surface area (Å²) in [6, 6.07) is 0. The maximum atomic E-state index is 11.9. The molecule has 4 heteroatoms. The van der Waals surface area contributed by atoms with Crippen LogP contribution in [0.15, 0.2) is 23.8 Å². The normalized spacial score (nSPS) is 36.6. The lowest BCUT2D eigenvalue weighted by atomic mass is 9.61. The molecule has 0 aromatic rings. The number of methoxy groups -OCH3 is 1. The van der Waals surface area contributed by atoms with Crippen molar-refractivity contribution in [3.63, 3.8) is 0 Å². The van der Waals surface area contributed by atoms with E-state index in [0.717, 1.165) is 38.8 Å². The number of carbonyl (C=O) groups is 1. The van der Waals surface area contributed by atoms with Crippen LogP contribution in [0.25, 0.3) is 0 Å². The van der Waals surface area contributed by atoms with Gasteiger partial charge in [0.2, 0.25) is 0 Å². The first-order valence-electron chi connectivity index (χ1n) is 7.97. The highest BCUT2D eigenvalue weighted by molar-refractivity contribution is 5.72. The van der Waals surface area contributed by atoms with Gasteiger partial charge < -0.3 is 9.84 Å². The van der Waals surface area contributed by atoms with E-state index in [4.69, 9.17) is 4.74 Å². The standard InChI is InChI=1S/C17H25NO3/c1-12(16(20)21-2)11-17-13-5-3-9-18(17)10-4-6-14(17)15(19)8-7-13/h3,5,7,12,14-15,19H,4,6,8-11H2,1-2H3. The maximum absolute atomic E-state index is 11.9. The van der Waals surface area contributed by atoms with Crippen molar-refractivity contribution in [3.05, 3.63) is 23.8 Å². The minimum atomic E-state index is -0.298. The monoisotopic (exact) mass is 291 g/mol. The molecule has 0 spiro atoms. The first-order valence-corrected chi connectivity index (χ1v) is 7.97. The first kappa shape index (κ1) is 14.8. The number of aliphatic hydroxyl groups is 1. The highest BCUT2D eigenvalue weighted by atomic mass is 16.5. The zero-order valence-electron chi connectivity index (χ0n) is 12.9. The molecule has 0 bridgehead atoms. The molecule has 4 unspecified atom stereocenters. The Labute approximate surface area is 126 Å². The fourth-order valence-corrected chi connectivity index (χ4v) is 4.59. The summed E-state index contributed by atoms with van der Waals surface area (Å²) in [5.74, 6) is -0.0841. The van der Waals surface area contributed by atoms with E-state index in [0.29, 0.717) is 0 Å². The predicted molar refractivity (Wildman–Crippen MR) is 80.7 cm³/mol. The van der Waals surface area contributed by atoms with E-state index in [1.54, 1.807) is 0 Å². The number of rotatable bonds is 3. The van der Waals surface area contributed by atoms with Crippen molar-refractivity contribution >= 4 is 5.97 Å². The quantitative estimate of drug-likeness (QED) is 0.807. The van der Waals surface area contributed by atoms with Crippen molar-refractivity contribution in [2.45, 2.75) is 44.2 Å². The van der Waals surface area contributed by atoms with Crippen LogP contribution in [-0.2, 0) is 9.53 Å². The highest BCUT2D eigenvalue weighted by Crippen LogP contribution is 2.50. The topological polar surface area (TPSA) is 49.8 Å². The maximum Gasteiger partial charge on any atom is 0.308 e. The Morgan fingerprint density at radius 1 is 1.62 bits per heavy atom. The summed E-state index contributed by atoms with van der Waals surface area (Å²) in [6.45, 7) is 3.89. The fraction of sp³-hybridized carbons (Fsp3) is 0.706. The number of hydrogen-bond donors (Lipinski definition) is 1. The van der Waals surface area contributed by atoms with Crippen LogP contribution in [0.4, 0.5) is 0 Å². The Bertz CT molecular complexity index is 484. The molecular formula is C17H25NO3. The van der Waals surface area contributed by atoms with Crippen molar-refractivity contribution in [3.8, 4) is 0 Å². The molecule has 2 heterocycles. The van der Waals surface area contributed by atoms with Gasteiger partial charge in [0.25, 0.3) is 0 Å². The van der Waals surface area contributed by atoms with Gasteiger partial charge in [-0.3, -0.25) is 9.69 Å². The van der Waals surface area contributed by atoms with E-state index in [9.17, 15) is 9.90 Å². The van der Waals surface area contributed by atoms with E-state index in [2.05, 4.69) is 23.1 Å². The third-order valence-electron chi connectivity index (χ3n) is 5.51. The smallest absolute Gasteiger partial charge is 0.308 e. The molecule has 21 heavy (non-hydrogen) atoms. The van der Waals surface area contributed by atoms with Gasteiger partial charge in [0.1, 0.15) is 0 Å². The highest BCUT2D eigenvalue weighted by Gasteiger charge is 2.53. The van der Waals surface area contributed by atoms with Crippen molar-refractivity contribution in [1.82, 2.24) is 4.90 Å². The largest absolute Gasteiger partial charge is 0.469 e. The molecule has 4 nitrogen and oxygen atoms in total. The Balaban J connectivity index is 2.00. The van der Waals surface area contributed by atoms with E-state index in [1.807, 2.05) is 6.92 Å². The minimum Gasteiger partial charge on any atom is -0.469 e. The molecule has 0 saturated carbocycles. The molecule has 1 fully saturated rings. The van der Waals surface area contributed by atoms with E-state index >= 15 is 0 Å². The van der Waals surface area contributed by atoms with Crippen LogP contribution in [0.2, 0.25) is 0 Å². The average Bonchev–Trinajstić information content (AvgIpc) is 2.49. The molecule has 0 aromatic heterocycles. The van der Waals surface area contributed by atoms with Crippen molar-refractivity contribution in [2.75, 3.05) is 20.2 Å². The van der Waals surface area contributed by atoms with E-state index < -0.39 is 0 Å². The van der Waals surface area contributed by atoms with Crippen LogP contribution in [0.3, 0.4) is 0 Å². The Morgan fingerprint density at radius 2 is 2.43 bits per heavy atom. The van der Waals surface area contributed by atoms with Crippen molar-refractivity contribution in [2.24, 2.45) is 11.8 Å². The number of carbonyl (C=O) groups excluding carboxylic acids is 1. The summed E-state index contributed by atoms with van der Waals surface area (Å²) < 4.78 is 4.92. The summed E-state index contributed by atoms with van der Waals surface area (Å²) in [4.78, 5) is 14.4. The van der Waals surface area contributed by atoms with Gasteiger partial charge in [0.15, 0.2) is 0 Å². The summed E-state index contributed by atoms with van der Waals surface area (Å²) >= 11 is 0. The lowest BCUT2D eigenvalue weighted by Gasteiger charge is -2.58. The number of nitrogens with zero attached hydrogens (tertiary/aromatic N) is 1. The molecule has 1 aliphatic carbocycles. The van der Waals surface area contributed by atoms with Crippen LogP contribution in [-0.4, -0.2) is 47.8 Å². The van der Waals surface area contributed by atoms with Gasteiger partial charge in [-0.1, -0.05) is 25.2 Å². The number of hydrogen-bond acceptors (Lipinski definition) is 4. The summed E-state index contributed by atoms with van der Waals surface area (Å²) in [5.41, 5.74) is 1.11. The zero-order valence-corrected chi connectivity index (χ0v) is 12.9. The lowest BCUT2D eigenvalue weighted by Crippen LogP contribution is -2.64. The summed E-state index contributed by atoms with van der Waals surface area (Å²) in [7, 11) is 1.45. The van der Waals surface area contributed by atoms with Gasteiger partial charge in [-0.05, 0) is 37.8 Å². The molecule has 3 aliphatic rings. The van der Waals surface area contributed by atoms with Crippen molar-refractivity contribution < 1.29 is 14.6 Å². The van der Waals surface area contributed by atoms with Gasteiger partial charge >= 0.3 is 5.97 Å². The Morgan fingerprint density at radius 3 is 3.19 bits per heavy atom. The molecule has 1 N–H and O–H groups in total. The molecule has 3 rings (SSSR count). The second-order valence-electron chi connectivity index (χ2n) is 6.61. The van der Waals surface area contributed by atoms with E-state index in [1.165, 1.54) is 12.7 Å². The van der Waals surface area contributed by atoms with Crippen LogP contribution >= 0.6 is 0 Å². The third kappa shape index (κ3) is 2.25. The molecule has 4 atom stereocenters. The van der Waals surface area contributed by atoms with Gasteiger partial charge in [0.05, 0.1) is 24.7 Å². The number of esters is 1. The van der Waals surface area contributed by atoms with Crippen LogP contribution in [0.1, 0.15) is 32.6 Å². The molecule has 2 aliphatic heterocycles. The third-order valence-corrected chi connectivity index (χ3v) is 5.51. The van der Waals surface area contributed by atoms with Gasteiger partial charge in [0, 0.05) is 12.5 Å². The second-order valence-corrected chi connectivity index (χ2v) is 6.61. The molecule has 116 valence electrons. The average molecular weight is 291 g/mol. The molecule has 0 amide bonds. The molecule has 0 aromatic carbocycles. The summed E-state index contributed by atoms with van der Waals surface area (Å²) in [6.07, 6.45) is 9.89. The van der Waals surface area contributed by atoms with Gasteiger partial charge in [-0.15, -0.1) is 0 Å². The van der Waals surface area contributed by atoms with Crippen LogP contribution in [0.5, 0.6) is 0 Å². The molecule has 0 radical (unpaired) electrons. The number of aliphatic hydroxyl groups excluding tert-OH is 1. The lowest BCUT2D eigenvalue weighted by molar-refractivity contribution is -0.147. The predicted octanol–water partition coefficient (Wildman–Crippen LogP) is 1.90. The fourth-order valence-electron chi connectivity index (χ4n) is 4.59. The number of piperidine rings is 1. The van der Waals surface area contributed by atoms with E-state index in [-0.39, 0.29) is 29.4 Å². The second kappa shape index (κ2) is 5.58. The molecular weight excluding hydrogens is 266 g/mol. The van der Waals surface area contributed by atoms with Crippen LogP contribution in [0, 0.1) is 11.8 Å². The SMILES string of the molecule is COC(=O)C(C)CC12C3=CCC(O)C1CCCN2CC=C3. The minimum absolute atomic E-state index is 0.154. The molecule has 1 saturated heterocycles. The first-order chi connectivity index (χ1) is 10.1. The van der Waals surface area contributed by atoms with Gasteiger partial charge in [-0.25, -0.2) is 0 Å². The zero-order chi connectivity index (χ0) is 15.0. The van der Waals surface area contributed by atoms with Gasteiger partial charge in [-0.2, -0.15) is 0 Å².